The second-order valence-corrected chi connectivity index (χ2v) is 4.67. The summed E-state index contributed by atoms with van der Waals surface area (Å²) in [5, 5.41) is 0. The quantitative estimate of drug-likeness (QED) is 0.723. The number of hydrogen-bond donors (Lipinski definition) is 1. The molecule has 2 fully saturated rings. The molecule has 0 aromatic carbocycles. The van der Waals surface area contributed by atoms with Gasteiger partial charge in [0.1, 0.15) is 11.6 Å². The molecule has 0 heterocycles. The predicted molar refractivity (Wildman–Crippen MR) is 52.6 cm³/mol. The van der Waals surface area contributed by atoms with Gasteiger partial charge < -0.3 is 5.73 Å². The second kappa shape index (κ2) is 3.46. The molecule has 78 valence electrons. The van der Waals surface area contributed by atoms with Crippen molar-refractivity contribution >= 4 is 11.6 Å². The van der Waals surface area contributed by atoms with Gasteiger partial charge in [0.05, 0.1) is 6.54 Å². The molecule has 0 aliphatic heterocycles. The normalized spacial score (nSPS) is 40.1. The highest BCUT2D eigenvalue weighted by Gasteiger charge is 2.51. The van der Waals surface area contributed by atoms with Gasteiger partial charge in [0.25, 0.3) is 0 Å². The van der Waals surface area contributed by atoms with E-state index in [4.69, 9.17) is 5.73 Å². The highest BCUT2D eigenvalue weighted by atomic mass is 16.1. The SMILES string of the molecule is CC(=O)C1C2CCC(C2)C1C(=O)CN. The van der Waals surface area contributed by atoms with Crippen LogP contribution < -0.4 is 5.73 Å². The summed E-state index contributed by atoms with van der Waals surface area (Å²) in [6.45, 7) is 1.71. The topological polar surface area (TPSA) is 60.2 Å². The lowest BCUT2D eigenvalue weighted by Gasteiger charge is -2.27. The Morgan fingerprint density at radius 1 is 1.21 bits per heavy atom. The summed E-state index contributed by atoms with van der Waals surface area (Å²) < 4.78 is 0. The summed E-state index contributed by atoms with van der Waals surface area (Å²) in [5.74, 6) is 1.14. The van der Waals surface area contributed by atoms with E-state index >= 15 is 0 Å². The first-order valence-electron chi connectivity index (χ1n) is 5.38. The van der Waals surface area contributed by atoms with Crippen LogP contribution in [0.3, 0.4) is 0 Å². The number of fused-ring (bicyclic) bond motifs is 2. The lowest BCUT2D eigenvalue weighted by Crippen LogP contribution is -2.36. The van der Waals surface area contributed by atoms with Crippen molar-refractivity contribution in [2.75, 3.05) is 6.54 Å². The van der Waals surface area contributed by atoms with Crippen molar-refractivity contribution in [2.24, 2.45) is 29.4 Å². The Labute approximate surface area is 84.0 Å². The molecule has 0 radical (unpaired) electrons. The molecule has 0 amide bonds. The molecule has 3 heteroatoms. The summed E-state index contributed by atoms with van der Waals surface area (Å²) in [6.07, 6.45) is 3.31. The van der Waals surface area contributed by atoms with Crippen molar-refractivity contribution < 1.29 is 9.59 Å². The summed E-state index contributed by atoms with van der Waals surface area (Å²) in [5.41, 5.74) is 5.39. The Kier molecular flexibility index (Phi) is 2.43. The highest BCUT2D eigenvalue weighted by Crippen LogP contribution is 2.52. The van der Waals surface area contributed by atoms with E-state index in [9.17, 15) is 9.59 Å². The van der Waals surface area contributed by atoms with Gasteiger partial charge in [-0.3, -0.25) is 9.59 Å². The fourth-order valence-electron chi connectivity index (χ4n) is 3.48. The second-order valence-electron chi connectivity index (χ2n) is 4.67. The number of nitrogens with two attached hydrogens (primary N) is 1. The number of carbonyl (C=O) groups excluding carboxylic acids is 2. The van der Waals surface area contributed by atoms with Gasteiger partial charge in [0, 0.05) is 11.8 Å². The molecule has 0 saturated heterocycles. The Balaban J connectivity index is 2.21. The number of ketones is 2. The van der Waals surface area contributed by atoms with Gasteiger partial charge in [0.15, 0.2) is 0 Å². The molecule has 2 aliphatic rings. The average Bonchev–Trinajstić information content (AvgIpc) is 2.74. The monoisotopic (exact) mass is 195 g/mol. The van der Waals surface area contributed by atoms with Crippen molar-refractivity contribution in [2.45, 2.75) is 26.2 Å². The summed E-state index contributed by atoms with van der Waals surface area (Å²) in [4.78, 5) is 23.1. The van der Waals surface area contributed by atoms with Crippen LogP contribution >= 0.6 is 0 Å². The van der Waals surface area contributed by atoms with Gasteiger partial charge in [-0.1, -0.05) is 0 Å². The lowest BCUT2D eigenvalue weighted by atomic mass is 9.75. The summed E-state index contributed by atoms with van der Waals surface area (Å²) in [6, 6.07) is 0. The van der Waals surface area contributed by atoms with E-state index < -0.39 is 0 Å². The van der Waals surface area contributed by atoms with Crippen LogP contribution in [0.15, 0.2) is 0 Å². The fourth-order valence-corrected chi connectivity index (χ4v) is 3.48. The molecule has 14 heavy (non-hydrogen) atoms. The smallest absolute Gasteiger partial charge is 0.150 e. The van der Waals surface area contributed by atoms with Gasteiger partial charge in [-0.05, 0) is 38.0 Å². The molecule has 0 aromatic rings. The first-order valence-corrected chi connectivity index (χ1v) is 5.38. The highest BCUT2D eigenvalue weighted by molar-refractivity contribution is 5.91. The van der Waals surface area contributed by atoms with Crippen molar-refractivity contribution in [1.29, 1.82) is 0 Å². The average molecular weight is 195 g/mol. The molecule has 4 atom stereocenters. The minimum atomic E-state index is -0.0451. The van der Waals surface area contributed by atoms with Crippen LogP contribution in [0.4, 0.5) is 0 Å². The van der Waals surface area contributed by atoms with Crippen LogP contribution in [-0.4, -0.2) is 18.1 Å². The van der Waals surface area contributed by atoms with Crippen LogP contribution in [0.1, 0.15) is 26.2 Å². The molecular formula is C11H17NO2. The Hall–Kier alpha value is -0.700. The van der Waals surface area contributed by atoms with Crippen molar-refractivity contribution in [1.82, 2.24) is 0 Å². The molecule has 3 nitrogen and oxygen atoms in total. The summed E-state index contributed by atoms with van der Waals surface area (Å²) in [7, 11) is 0. The van der Waals surface area contributed by atoms with E-state index in [1.165, 1.54) is 0 Å². The standard InChI is InChI=1S/C11H17NO2/c1-6(13)10-7-2-3-8(4-7)11(10)9(14)5-12/h7-8,10-11H,2-5,12H2,1H3. The van der Waals surface area contributed by atoms with Crippen LogP contribution in [0, 0.1) is 23.7 Å². The molecule has 2 saturated carbocycles. The minimum absolute atomic E-state index is 0.00944. The third-order valence-electron chi connectivity index (χ3n) is 3.96. The number of rotatable bonds is 3. The van der Waals surface area contributed by atoms with E-state index in [-0.39, 0.29) is 29.9 Å². The molecule has 0 spiro atoms. The third kappa shape index (κ3) is 1.31. The first-order chi connectivity index (χ1) is 6.65. The van der Waals surface area contributed by atoms with Gasteiger partial charge in [-0.25, -0.2) is 0 Å². The zero-order valence-electron chi connectivity index (χ0n) is 8.53. The van der Waals surface area contributed by atoms with E-state index in [0.29, 0.717) is 11.8 Å². The minimum Gasteiger partial charge on any atom is -0.324 e. The van der Waals surface area contributed by atoms with Crippen LogP contribution in [0.5, 0.6) is 0 Å². The van der Waals surface area contributed by atoms with Gasteiger partial charge in [-0.2, -0.15) is 0 Å². The predicted octanol–water partition coefficient (Wildman–Crippen LogP) is 0.766. The number of carbonyl (C=O) groups is 2. The van der Waals surface area contributed by atoms with Crippen LogP contribution in [-0.2, 0) is 9.59 Å². The Bertz CT molecular complexity index is 274. The van der Waals surface area contributed by atoms with Crippen LogP contribution in [0.25, 0.3) is 0 Å². The maximum atomic E-state index is 11.6. The third-order valence-corrected chi connectivity index (χ3v) is 3.96. The maximum absolute atomic E-state index is 11.6. The lowest BCUT2D eigenvalue weighted by molar-refractivity contribution is -0.132. The van der Waals surface area contributed by atoms with Gasteiger partial charge in [0.2, 0.25) is 0 Å². The van der Waals surface area contributed by atoms with E-state index in [1.807, 2.05) is 0 Å². The van der Waals surface area contributed by atoms with Crippen molar-refractivity contribution in [3.63, 3.8) is 0 Å². The first kappa shape index (κ1) is 9.84. The maximum Gasteiger partial charge on any atom is 0.150 e. The van der Waals surface area contributed by atoms with Crippen molar-refractivity contribution in [3.8, 4) is 0 Å². The molecule has 2 N–H and O–H groups in total. The van der Waals surface area contributed by atoms with E-state index in [0.717, 1.165) is 19.3 Å². The molecule has 2 aliphatic carbocycles. The molecule has 2 bridgehead atoms. The molecule has 4 unspecified atom stereocenters. The number of hydrogen-bond acceptors (Lipinski definition) is 3. The molecule has 2 rings (SSSR count). The number of Topliss-reactive ketones (excluding diaryl/α,β-unsaturated/α-hetero) is 2. The Morgan fingerprint density at radius 2 is 1.79 bits per heavy atom. The van der Waals surface area contributed by atoms with E-state index in [1.54, 1.807) is 6.92 Å². The van der Waals surface area contributed by atoms with E-state index in [2.05, 4.69) is 0 Å². The largest absolute Gasteiger partial charge is 0.324 e. The van der Waals surface area contributed by atoms with Gasteiger partial charge in [-0.15, -0.1) is 0 Å². The zero-order chi connectivity index (χ0) is 10.3. The molecule has 0 aromatic heterocycles. The van der Waals surface area contributed by atoms with Crippen LogP contribution in [0.2, 0.25) is 0 Å². The Morgan fingerprint density at radius 3 is 2.29 bits per heavy atom. The van der Waals surface area contributed by atoms with Crippen molar-refractivity contribution in [3.05, 3.63) is 0 Å². The zero-order valence-corrected chi connectivity index (χ0v) is 8.53. The van der Waals surface area contributed by atoms with Gasteiger partial charge >= 0.3 is 0 Å². The molecular weight excluding hydrogens is 178 g/mol. The summed E-state index contributed by atoms with van der Waals surface area (Å²) >= 11 is 0. The fraction of sp³-hybridized carbons (Fsp3) is 0.818.